The number of quaternary nitrogens is 1. The first-order chi connectivity index (χ1) is 11.6. The van der Waals surface area contributed by atoms with Crippen LogP contribution < -0.4 is 15.5 Å². The maximum atomic E-state index is 12.7. The molecule has 1 amide bonds. The maximum absolute atomic E-state index is 12.7. The number of phenolic OH excluding ortho intramolecular Hbond substituents is 1. The number of thiophene rings is 1. The van der Waals surface area contributed by atoms with Crippen LogP contribution >= 0.6 is 11.3 Å². The summed E-state index contributed by atoms with van der Waals surface area (Å²) in [6.45, 7) is 7.38. The van der Waals surface area contributed by atoms with E-state index in [9.17, 15) is 9.90 Å². The molecule has 0 radical (unpaired) electrons. The van der Waals surface area contributed by atoms with Gasteiger partial charge in [0.25, 0.3) is 5.91 Å². The fraction of sp³-hybridized carbons (Fsp3) is 0.389. The number of aromatic hydroxyl groups is 1. The second kappa shape index (κ2) is 5.79. The summed E-state index contributed by atoms with van der Waals surface area (Å²) in [5.41, 5.74) is 3.79. The van der Waals surface area contributed by atoms with Gasteiger partial charge in [-0.3, -0.25) is 4.79 Å². The number of likely N-dealkylation sites (N-methyl/N-ethyl adjacent to an activating group) is 1. The maximum Gasteiger partial charge on any atom is 0.256 e. The third kappa shape index (κ3) is 2.46. The number of benzene rings is 1. The molecule has 4 N–H and O–H groups in total. The quantitative estimate of drug-likeness (QED) is 0.669. The number of nitrogens with one attached hydrogen (secondary N) is 3. The highest BCUT2D eigenvalue weighted by Crippen LogP contribution is 2.40. The number of fused-ring (bicyclic) bond motifs is 3. The summed E-state index contributed by atoms with van der Waals surface area (Å²) < 4.78 is 0. The summed E-state index contributed by atoms with van der Waals surface area (Å²) in [7, 11) is 0. The Labute approximate surface area is 145 Å². The van der Waals surface area contributed by atoms with E-state index in [0.717, 1.165) is 42.2 Å². The van der Waals surface area contributed by atoms with Gasteiger partial charge in [0.1, 0.15) is 23.5 Å². The molecule has 4 rings (SSSR count). The Balaban J connectivity index is 1.70. The number of anilines is 1. The highest BCUT2D eigenvalue weighted by Gasteiger charge is 2.34. The van der Waals surface area contributed by atoms with Crippen molar-refractivity contribution in [2.45, 2.75) is 33.0 Å². The van der Waals surface area contributed by atoms with E-state index in [1.807, 2.05) is 19.1 Å². The number of carbonyl (C=O) groups excluding carboxylic acids is 1. The molecule has 2 atom stereocenters. The molecule has 1 aromatic heterocycles. The lowest BCUT2D eigenvalue weighted by molar-refractivity contribution is -0.913. The Morgan fingerprint density at radius 2 is 2.21 bits per heavy atom. The van der Waals surface area contributed by atoms with Gasteiger partial charge in [0.15, 0.2) is 0 Å². The number of phenols is 1. The SMILES string of the molecule is CC[NH+]1CCc2c(sc3c2C(=O)N[C@@H](c2cc(C)ccc2O)N3)C1. The van der Waals surface area contributed by atoms with Crippen molar-refractivity contribution >= 4 is 22.2 Å². The van der Waals surface area contributed by atoms with Gasteiger partial charge in [-0.25, -0.2) is 0 Å². The highest BCUT2D eigenvalue weighted by molar-refractivity contribution is 7.16. The highest BCUT2D eigenvalue weighted by atomic mass is 32.1. The molecule has 126 valence electrons. The van der Waals surface area contributed by atoms with E-state index in [1.54, 1.807) is 22.3 Å². The van der Waals surface area contributed by atoms with E-state index >= 15 is 0 Å². The molecule has 24 heavy (non-hydrogen) atoms. The van der Waals surface area contributed by atoms with Gasteiger partial charge in [-0.05, 0) is 31.5 Å². The summed E-state index contributed by atoms with van der Waals surface area (Å²) in [5, 5.41) is 17.5. The van der Waals surface area contributed by atoms with Crippen LogP contribution in [0.1, 0.15) is 45.0 Å². The van der Waals surface area contributed by atoms with Crippen LogP contribution in [0.4, 0.5) is 5.00 Å². The fourth-order valence-electron chi connectivity index (χ4n) is 3.61. The lowest BCUT2D eigenvalue weighted by atomic mass is 10.00. The Bertz CT molecular complexity index is 815. The molecular formula is C18H22N3O2S+. The summed E-state index contributed by atoms with van der Waals surface area (Å²) in [6.07, 6.45) is 0.569. The van der Waals surface area contributed by atoms with Crippen molar-refractivity contribution < 1.29 is 14.8 Å². The third-order valence-corrected chi connectivity index (χ3v) is 6.16. The molecule has 0 saturated heterocycles. The van der Waals surface area contributed by atoms with Gasteiger partial charge in [-0.1, -0.05) is 11.6 Å². The van der Waals surface area contributed by atoms with Crippen molar-refractivity contribution in [3.05, 3.63) is 45.3 Å². The van der Waals surface area contributed by atoms with Crippen LogP contribution in [0.15, 0.2) is 18.2 Å². The van der Waals surface area contributed by atoms with Crippen LogP contribution in [-0.2, 0) is 13.0 Å². The van der Waals surface area contributed by atoms with Gasteiger partial charge < -0.3 is 20.6 Å². The van der Waals surface area contributed by atoms with Crippen LogP contribution in [-0.4, -0.2) is 24.1 Å². The standard InChI is InChI=1S/C18H21N3O2S/c1-3-21-7-6-11-14(9-21)24-18-15(11)17(23)19-16(20-18)12-8-10(2)4-5-13(12)22/h4-5,8,16,20,22H,3,6-7,9H2,1-2H3,(H,19,23)/p+1/t16-/m1/s1. The minimum Gasteiger partial charge on any atom is -0.508 e. The Morgan fingerprint density at radius 1 is 1.38 bits per heavy atom. The predicted octanol–water partition coefficient (Wildman–Crippen LogP) is 1.58. The molecule has 2 aromatic rings. The Kier molecular flexibility index (Phi) is 3.73. The van der Waals surface area contributed by atoms with Crippen molar-refractivity contribution in [1.29, 1.82) is 0 Å². The van der Waals surface area contributed by atoms with Crippen LogP contribution in [0.2, 0.25) is 0 Å². The lowest BCUT2D eigenvalue weighted by Crippen LogP contribution is -3.11. The Morgan fingerprint density at radius 3 is 3.00 bits per heavy atom. The average Bonchev–Trinajstić information content (AvgIpc) is 2.94. The fourth-order valence-corrected chi connectivity index (χ4v) is 4.96. The average molecular weight is 344 g/mol. The molecule has 0 fully saturated rings. The van der Waals surface area contributed by atoms with Gasteiger partial charge in [-0.15, -0.1) is 11.3 Å². The van der Waals surface area contributed by atoms with Crippen LogP contribution in [0.25, 0.3) is 0 Å². The molecule has 3 heterocycles. The zero-order valence-electron chi connectivity index (χ0n) is 13.9. The van der Waals surface area contributed by atoms with Gasteiger partial charge in [0.2, 0.25) is 0 Å². The number of hydrogen-bond donors (Lipinski definition) is 4. The van der Waals surface area contributed by atoms with Gasteiger partial charge >= 0.3 is 0 Å². The number of rotatable bonds is 2. The van der Waals surface area contributed by atoms with Crippen LogP contribution in [0, 0.1) is 6.92 Å². The molecule has 5 nitrogen and oxygen atoms in total. The molecule has 6 heteroatoms. The summed E-state index contributed by atoms with van der Waals surface area (Å²) in [6, 6.07) is 5.45. The van der Waals surface area contributed by atoms with E-state index in [2.05, 4.69) is 17.6 Å². The molecule has 2 aliphatic heterocycles. The topological polar surface area (TPSA) is 65.8 Å². The molecular weight excluding hydrogens is 322 g/mol. The van der Waals surface area contributed by atoms with E-state index < -0.39 is 0 Å². The van der Waals surface area contributed by atoms with Crippen molar-refractivity contribution in [2.75, 3.05) is 18.4 Å². The molecule has 1 unspecified atom stereocenters. The number of amides is 1. The second-order valence-corrected chi connectivity index (χ2v) is 7.71. The zero-order valence-corrected chi connectivity index (χ0v) is 14.7. The predicted molar refractivity (Wildman–Crippen MR) is 94.8 cm³/mol. The minimum atomic E-state index is -0.389. The Hall–Kier alpha value is -2.05. The first kappa shape index (κ1) is 15.5. The van der Waals surface area contributed by atoms with Gasteiger partial charge in [-0.2, -0.15) is 0 Å². The number of hydrogen-bond acceptors (Lipinski definition) is 4. The lowest BCUT2D eigenvalue weighted by Gasteiger charge is -2.27. The molecule has 1 aromatic carbocycles. The van der Waals surface area contributed by atoms with Crippen LogP contribution in [0.5, 0.6) is 5.75 Å². The van der Waals surface area contributed by atoms with Gasteiger partial charge in [0, 0.05) is 12.0 Å². The van der Waals surface area contributed by atoms with Crippen molar-refractivity contribution in [3.8, 4) is 5.75 Å². The zero-order chi connectivity index (χ0) is 16.8. The molecule has 0 saturated carbocycles. The largest absolute Gasteiger partial charge is 0.508 e. The second-order valence-electron chi connectivity index (χ2n) is 6.60. The molecule has 0 spiro atoms. The first-order valence-corrected chi connectivity index (χ1v) is 9.23. The molecule has 2 aliphatic rings. The summed E-state index contributed by atoms with van der Waals surface area (Å²) in [5.74, 6) is 0.164. The van der Waals surface area contributed by atoms with E-state index in [-0.39, 0.29) is 17.8 Å². The molecule has 0 bridgehead atoms. The van der Waals surface area contributed by atoms with E-state index in [1.165, 1.54) is 10.4 Å². The first-order valence-electron chi connectivity index (χ1n) is 8.41. The van der Waals surface area contributed by atoms with E-state index in [0.29, 0.717) is 5.56 Å². The summed E-state index contributed by atoms with van der Waals surface area (Å²) >= 11 is 1.69. The minimum absolute atomic E-state index is 0.0351. The van der Waals surface area contributed by atoms with Crippen molar-refractivity contribution in [3.63, 3.8) is 0 Å². The number of aryl methyl sites for hydroxylation is 1. The summed E-state index contributed by atoms with van der Waals surface area (Å²) in [4.78, 5) is 15.6. The van der Waals surface area contributed by atoms with Crippen molar-refractivity contribution in [2.24, 2.45) is 0 Å². The number of carbonyl (C=O) groups is 1. The van der Waals surface area contributed by atoms with Crippen molar-refractivity contribution in [1.82, 2.24) is 5.32 Å². The third-order valence-electron chi connectivity index (χ3n) is 5.00. The van der Waals surface area contributed by atoms with Crippen LogP contribution in [0.3, 0.4) is 0 Å². The monoisotopic (exact) mass is 344 g/mol. The van der Waals surface area contributed by atoms with Gasteiger partial charge in [0.05, 0.1) is 23.5 Å². The van der Waals surface area contributed by atoms with E-state index in [4.69, 9.17) is 0 Å². The smallest absolute Gasteiger partial charge is 0.256 e. The molecule has 0 aliphatic carbocycles. The normalized spacial score (nSPS) is 22.3.